The number of hydrogen-bond donors (Lipinski definition) is 5. The van der Waals surface area contributed by atoms with Crippen LogP contribution in [0.25, 0.3) is 0 Å². The molecule has 0 aliphatic rings. The fraction of sp³-hybridized carbons (Fsp3) is 0.556. The third kappa shape index (κ3) is 9.95. The number of carbonyl (C=O) groups is 4. The third-order valence-electron chi connectivity index (χ3n) is 1.96. The Labute approximate surface area is 130 Å². The molecule has 0 spiro atoms. The van der Waals surface area contributed by atoms with Gasteiger partial charge in [0.25, 0.3) is 0 Å². The monoisotopic (exact) mass is 358 g/mol. The SMILES string of the molecule is O=C(O)CCCOC(=O)NS(=O)(=O)NC(CC(=O)S)C(=O)O. The molecule has 126 valence electrons. The fourth-order valence-electron chi connectivity index (χ4n) is 1.10. The van der Waals surface area contributed by atoms with Gasteiger partial charge in [-0.25, -0.2) is 9.52 Å². The van der Waals surface area contributed by atoms with Gasteiger partial charge in [0.05, 0.1) is 6.61 Å². The number of thiol groups is 1. The van der Waals surface area contributed by atoms with Gasteiger partial charge in [0.1, 0.15) is 6.04 Å². The van der Waals surface area contributed by atoms with Crippen molar-refractivity contribution in [2.75, 3.05) is 6.61 Å². The molecule has 0 heterocycles. The second kappa shape index (κ2) is 9.22. The summed E-state index contributed by atoms with van der Waals surface area (Å²) in [4.78, 5) is 42.8. The summed E-state index contributed by atoms with van der Waals surface area (Å²) in [5.41, 5.74) is 0. The lowest BCUT2D eigenvalue weighted by molar-refractivity contribution is -0.140. The van der Waals surface area contributed by atoms with E-state index >= 15 is 0 Å². The molecule has 4 N–H and O–H groups in total. The van der Waals surface area contributed by atoms with Gasteiger partial charge >= 0.3 is 28.2 Å². The lowest BCUT2D eigenvalue weighted by atomic mass is 10.2. The topological polar surface area (TPSA) is 176 Å². The second-order valence-corrected chi connectivity index (χ2v) is 5.79. The van der Waals surface area contributed by atoms with Gasteiger partial charge < -0.3 is 14.9 Å². The van der Waals surface area contributed by atoms with Crippen LogP contribution in [0.5, 0.6) is 0 Å². The summed E-state index contributed by atoms with van der Waals surface area (Å²) in [6, 6.07) is -1.80. The van der Waals surface area contributed by atoms with Crippen molar-refractivity contribution in [3.05, 3.63) is 0 Å². The zero-order chi connectivity index (χ0) is 17.3. The highest BCUT2D eigenvalue weighted by molar-refractivity contribution is 7.96. The molecule has 1 atom stereocenters. The van der Waals surface area contributed by atoms with E-state index < -0.39 is 45.8 Å². The van der Waals surface area contributed by atoms with Gasteiger partial charge in [-0.05, 0) is 6.42 Å². The predicted octanol–water partition coefficient (Wildman–Crippen LogP) is -1.29. The normalized spacial score (nSPS) is 12.2. The van der Waals surface area contributed by atoms with Crippen LogP contribution in [0.15, 0.2) is 0 Å². The predicted molar refractivity (Wildman–Crippen MR) is 73.4 cm³/mol. The Balaban J connectivity index is 4.42. The van der Waals surface area contributed by atoms with Crippen LogP contribution in [0.3, 0.4) is 0 Å². The van der Waals surface area contributed by atoms with Crippen LogP contribution in [0.2, 0.25) is 0 Å². The Morgan fingerprint density at radius 2 is 1.77 bits per heavy atom. The Morgan fingerprint density at radius 1 is 1.18 bits per heavy atom. The van der Waals surface area contributed by atoms with Crippen molar-refractivity contribution in [2.24, 2.45) is 0 Å². The van der Waals surface area contributed by atoms with E-state index in [1.807, 2.05) is 0 Å². The first-order valence-corrected chi connectivity index (χ1v) is 7.59. The first-order valence-electron chi connectivity index (χ1n) is 5.66. The summed E-state index contributed by atoms with van der Waals surface area (Å²) in [5.74, 6) is -2.75. The Hall–Kier alpha value is -1.86. The average molecular weight is 358 g/mol. The van der Waals surface area contributed by atoms with Crippen LogP contribution in [-0.4, -0.2) is 54.4 Å². The van der Waals surface area contributed by atoms with Gasteiger partial charge in [-0.3, -0.25) is 14.4 Å². The summed E-state index contributed by atoms with van der Waals surface area (Å²) in [5, 5.41) is 16.2. The van der Waals surface area contributed by atoms with Crippen LogP contribution in [-0.2, 0) is 29.3 Å². The molecule has 0 saturated carbocycles. The van der Waals surface area contributed by atoms with E-state index in [9.17, 15) is 27.6 Å². The first kappa shape index (κ1) is 20.1. The number of rotatable bonds is 10. The smallest absolute Gasteiger partial charge is 0.421 e. The zero-order valence-electron chi connectivity index (χ0n) is 11.0. The minimum absolute atomic E-state index is 0.0257. The molecule has 0 rings (SSSR count). The van der Waals surface area contributed by atoms with E-state index in [2.05, 4.69) is 17.4 Å². The van der Waals surface area contributed by atoms with Gasteiger partial charge in [-0.2, -0.15) is 13.1 Å². The molecule has 22 heavy (non-hydrogen) atoms. The van der Waals surface area contributed by atoms with Crippen molar-refractivity contribution in [3.63, 3.8) is 0 Å². The zero-order valence-corrected chi connectivity index (χ0v) is 12.7. The second-order valence-electron chi connectivity index (χ2n) is 3.85. The number of aliphatic carboxylic acids is 2. The van der Waals surface area contributed by atoms with E-state index in [0.29, 0.717) is 0 Å². The van der Waals surface area contributed by atoms with E-state index in [1.165, 1.54) is 4.72 Å². The molecule has 13 heteroatoms. The highest BCUT2D eigenvalue weighted by atomic mass is 32.2. The lowest BCUT2D eigenvalue weighted by Crippen LogP contribution is -2.48. The van der Waals surface area contributed by atoms with Crippen LogP contribution in [0, 0.1) is 0 Å². The molecule has 0 saturated heterocycles. The summed E-state index contributed by atoms with van der Waals surface area (Å²) in [6.45, 7) is -0.342. The number of hydrogen-bond acceptors (Lipinski definition) is 7. The summed E-state index contributed by atoms with van der Waals surface area (Å²) in [7, 11) is -4.58. The fourth-order valence-corrected chi connectivity index (χ4v) is 2.18. The van der Waals surface area contributed by atoms with Gasteiger partial charge in [-0.15, -0.1) is 12.6 Å². The maximum atomic E-state index is 11.5. The molecule has 0 bridgehead atoms. The van der Waals surface area contributed by atoms with Crippen molar-refractivity contribution in [1.82, 2.24) is 9.44 Å². The van der Waals surface area contributed by atoms with Crippen molar-refractivity contribution in [1.29, 1.82) is 0 Å². The van der Waals surface area contributed by atoms with Crippen LogP contribution >= 0.6 is 12.6 Å². The highest BCUT2D eigenvalue weighted by Crippen LogP contribution is 1.99. The number of ether oxygens (including phenoxy) is 1. The van der Waals surface area contributed by atoms with Gasteiger partial charge in [0.2, 0.25) is 0 Å². The van der Waals surface area contributed by atoms with E-state index in [0.717, 1.165) is 0 Å². The Morgan fingerprint density at radius 3 is 2.23 bits per heavy atom. The highest BCUT2D eigenvalue weighted by Gasteiger charge is 2.27. The van der Waals surface area contributed by atoms with E-state index in [-0.39, 0.29) is 19.4 Å². The Kier molecular flexibility index (Phi) is 8.44. The maximum Gasteiger partial charge on any atom is 0.421 e. The van der Waals surface area contributed by atoms with Crippen molar-refractivity contribution in [3.8, 4) is 0 Å². The molecule has 0 radical (unpaired) electrons. The van der Waals surface area contributed by atoms with E-state index in [1.54, 1.807) is 4.72 Å². The van der Waals surface area contributed by atoms with Crippen LogP contribution in [0.4, 0.5) is 4.79 Å². The third-order valence-corrected chi connectivity index (χ3v) is 3.17. The average Bonchev–Trinajstić information content (AvgIpc) is 2.31. The number of nitrogens with one attached hydrogen (secondary N) is 2. The summed E-state index contributed by atoms with van der Waals surface area (Å²) >= 11 is 3.33. The minimum Gasteiger partial charge on any atom is -0.481 e. The van der Waals surface area contributed by atoms with E-state index in [4.69, 9.17) is 10.2 Å². The Bertz CT molecular complexity index is 545. The summed E-state index contributed by atoms with van der Waals surface area (Å²) in [6.07, 6.45) is -2.45. The molecule has 0 fully saturated rings. The maximum absolute atomic E-state index is 11.5. The van der Waals surface area contributed by atoms with Gasteiger partial charge in [0.15, 0.2) is 5.12 Å². The standard InChI is InChI=1S/C9H14N2O9S2/c12-6(13)2-1-3-20-9(17)11-22(18,19)10-5(8(15)16)4-7(14)21/h5,10H,1-4H2,(H,11,17)(H,12,13)(H,14,21)(H,15,16). The van der Waals surface area contributed by atoms with Crippen LogP contribution in [0.1, 0.15) is 19.3 Å². The molecular formula is C9H14N2O9S2. The van der Waals surface area contributed by atoms with Crippen molar-refractivity contribution >= 4 is 46.0 Å². The number of carboxylic acid groups (broad SMARTS) is 2. The van der Waals surface area contributed by atoms with Crippen molar-refractivity contribution in [2.45, 2.75) is 25.3 Å². The lowest BCUT2D eigenvalue weighted by Gasteiger charge is -2.13. The quantitative estimate of drug-likeness (QED) is 0.235. The molecule has 0 aromatic carbocycles. The molecule has 1 amide bonds. The minimum atomic E-state index is -4.58. The van der Waals surface area contributed by atoms with Gasteiger partial charge in [0, 0.05) is 12.8 Å². The molecule has 0 aliphatic carbocycles. The molecule has 0 aromatic rings. The largest absolute Gasteiger partial charge is 0.481 e. The number of carbonyl (C=O) groups excluding carboxylic acids is 2. The number of amides is 1. The number of carboxylic acids is 2. The molecule has 0 aromatic heterocycles. The molecule has 0 aliphatic heterocycles. The van der Waals surface area contributed by atoms with Crippen LogP contribution < -0.4 is 9.44 Å². The summed E-state index contributed by atoms with van der Waals surface area (Å²) < 4.78 is 30.2. The molecular weight excluding hydrogens is 344 g/mol. The molecule has 11 nitrogen and oxygen atoms in total. The van der Waals surface area contributed by atoms with Gasteiger partial charge in [-0.1, -0.05) is 0 Å². The molecule has 1 unspecified atom stereocenters. The first-order chi connectivity index (χ1) is 10.0. The van der Waals surface area contributed by atoms with Crippen molar-refractivity contribution < 1.29 is 42.5 Å².